The second kappa shape index (κ2) is 7.27. The largest absolute Gasteiger partial charge is 0.383 e. The van der Waals surface area contributed by atoms with E-state index in [-0.39, 0.29) is 17.8 Å². The van der Waals surface area contributed by atoms with Crippen LogP contribution in [-0.4, -0.2) is 38.9 Å². The highest BCUT2D eigenvalue weighted by molar-refractivity contribution is 5.77. The van der Waals surface area contributed by atoms with Gasteiger partial charge in [0.1, 0.15) is 0 Å². The lowest BCUT2D eigenvalue weighted by Gasteiger charge is -2.29. The maximum atomic E-state index is 13.1. The summed E-state index contributed by atoms with van der Waals surface area (Å²) in [6, 6.07) is 8.41. The van der Waals surface area contributed by atoms with E-state index < -0.39 is 0 Å². The van der Waals surface area contributed by atoms with Gasteiger partial charge in [-0.1, -0.05) is 19.1 Å². The van der Waals surface area contributed by atoms with Crippen molar-refractivity contribution in [1.82, 2.24) is 18.7 Å². The SMILES string of the molecule is CCc1ccc(N2CCCn3c2nc2c3c(=O)n(CCOC)c(=O)n2C)cc1. The van der Waals surface area contributed by atoms with E-state index in [1.807, 2.05) is 4.57 Å². The van der Waals surface area contributed by atoms with Crippen LogP contribution in [0.15, 0.2) is 33.9 Å². The number of nitrogens with zero attached hydrogens (tertiary/aromatic N) is 5. The van der Waals surface area contributed by atoms with E-state index >= 15 is 0 Å². The Kier molecular flexibility index (Phi) is 4.80. The molecule has 8 heteroatoms. The second-order valence-corrected chi connectivity index (χ2v) is 7.05. The molecule has 0 amide bonds. The number of ether oxygens (including phenoxy) is 1. The second-order valence-electron chi connectivity index (χ2n) is 7.05. The molecule has 0 atom stereocenters. The Bertz CT molecular complexity index is 1120. The Morgan fingerprint density at radius 1 is 1.14 bits per heavy atom. The van der Waals surface area contributed by atoms with Gasteiger partial charge in [-0.2, -0.15) is 4.98 Å². The van der Waals surface area contributed by atoms with Gasteiger partial charge in [0.15, 0.2) is 11.2 Å². The number of fused-ring (bicyclic) bond motifs is 3. The maximum absolute atomic E-state index is 13.1. The van der Waals surface area contributed by atoms with E-state index in [0.717, 1.165) is 25.1 Å². The molecular weight excluding hydrogens is 358 g/mol. The molecule has 0 spiro atoms. The van der Waals surface area contributed by atoms with Crippen LogP contribution < -0.4 is 16.1 Å². The summed E-state index contributed by atoms with van der Waals surface area (Å²) < 4.78 is 9.69. The Hall–Kier alpha value is -2.87. The van der Waals surface area contributed by atoms with Gasteiger partial charge in [0.05, 0.1) is 13.2 Å². The zero-order valence-corrected chi connectivity index (χ0v) is 16.5. The van der Waals surface area contributed by atoms with Crippen molar-refractivity contribution in [3.8, 4) is 0 Å². The van der Waals surface area contributed by atoms with Crippen LogP contribution in [0.3, 0.4) is 0 Å². The molecule has 0 bridgehead atoms. The summed E-state index contributed by atoms with van der Waals surface area (Å²) in [7, 11) is 3.21. The van der Waals surface area contributed by atoms with E-state index in [1.165, 1.54) is 14.7 Å². The molecule has 0 fully saturated rings. The van der Waals surface area contributed by atoms with Crippen molar-refractivity contribution < 1.29 is 4.74 Å². The fourth-order valence-corrected chi connectivity index (χ4v) is 3.80. The van der Waals surface area contributed by atoms with E-state index in [0.29, 0.717) is 30.3 Å². The molecule has 4 rings (SSSR count). The van der Waals surface area contributed by atoms with Crippen LogP contribution in [0, 0.1) is 0 Å². The molecular formula is C20H25N5O3. The molecule has 28 heavy (non-hydrogen) atoms. The number of hydrogen-bond donors (Lipinski definition) is 0. The number of imidazole rings is 1. The lowest BCUT2D eigenvalue weighted by molar-refractivity contribution is 0.184. The van der Waals surface area contributed by atoms with Crippen LogP contribution >= 0.6 is 0 Å². The fraction of sp³-hybridized carbons (Fsp3) is 0.450. The zero-order valence-electron chi connectivity index (χ0n) is 16.5. The third-order valence-corrected chi connectivity index (χ3v) is 5.39. The first kappa shape index (κ1) is 18.5. The van der Waals surface area contributed by atoms with Crippen molar-refractivity contribution >= 4 is 22.8 Å². The van der Waals surface area contributed by atoms with Gasteiger partial charge < -0.3 is 14.2 Å². The van der Waals surface area contributed by atoms with Crippen LogP contribution in [0.5, 0.6) is 0 Å². The van der Waals surface area contributed by atoms with Gasteiger partial charge >= 0.3 is 5.69 Å². The Labute approximate surface area is 162 Å². The van der Waals surface area contributed by atoms with Crippen LogP contribution in [0.4, 0.5) is 11.6 Å². The van der Waals surface area contributed by atoms with E-state index in [2.05, 4.69) is 36.1 Å². The number of rotatable bonds is 5. The number of aryl methyl sites for hydroxylation is 3. The van der Waals surface area contributed by atoms with Crippen LogP contribution in [0.2, 0.25) is 0 Å². The molecule has 148 valence electrons. The van der Waals surface area contributed by atoms with Gasteiger partial charge in [0.25, 0.3) is 5.56 Å². The average Bonchev–Trinajstić information content (AvgIpc) is 3.12. The Morgan fingerprint density at radius 3 is 2.57 bits per heavy atom. The van der Waals surface area contributed by atoms with Crippen molar-refractivity contribution in [3.05, 3.63) is 50.7 Å². The molecule has 8 nitrogen and oxygen atoms in total. The lowest BCUT2D eigenvalue weighted by Crippen LogP contribution is -2.40. The quantitative estimate of drug-likeness (QED) is 0.670. The number of hydrogen-bond acceptors (Lipinski definition) is 5. The first-order valence-corrected chi connectivity index (χ1v) is 9.62. The number of anilines is 2. The van der Waals surface area contributed by atoms with Crippen molar-refractivity contribution in [2.24, 2.45) is 7.05 Å². The molecule has 0 radical (unpaired) electrons. The van der Waals surface area contributed by atoms with Crippen molar-refractivity contribution in [2.45, 2.75) is 32.9 Å². The predicted octanol–water partition coefficient (Wildman–Crippen LogP) is 1.65. The van der Waals surface area contributed by atoms with Gasteiger partial charge in [0, 0.05) is 32.9 Å². The Morgan fingerprint density at radius 2 is 1.89 bits per heavy atom. The van der Waals surface area contributed by atoms with Gasteiger partial charge in [-0.3, -0.25) is 13.9 Å². The third-order valence-electron chi connectivity index (χ3n) is 5.39. The molecule has 1 aliphatic heterocycles. The minimum atomic E-state index is -0.371. The summed E-state index contributed by atoms with van der Waals surface area (Å²) in [6.07, 6.45) is 1.89. The number of benzene rings is 1. The molecule has 0 aliphatic carbocycles. The van der Waals surface area contributed by atoms with Crippen LogP contribution in [0.1, 0.15) is 18.9 Å². The molecule has 0 saturated carbocycles. The van der Waals surface area contributed by atoms with Crippen molar-refractivity contribution in [1.29, 1.82) is 0 Å². The average molecular weight is 383 g/mol. The first-order valence-electron chi connectivity index (χ1n) is 9.62. The molecule has 3 aromatic rings. The Balaban J connectivity index is 1.90. The molecule has 0 saturated heterocycles. The summed E-state index contributed by atoms with van der Waals surface area (Å²) in [5.74, 6) is 0.710. The fourth-order valence-electron chi connectivity index (χ4n) is 3.80. The first-order chi connectivity index (χ1) is 13.6. The lowest BCUT2D eigenvalue weighted by atomic mass is 10.1. The minimum Gasteiger partial charge on any atom is -0.383 e. The molecule has 0 unspecified atom stereocenters. The standard InChI is InChI=1S/C20H25N5O3/c1-4-14-6-8-15(9-7-14)23-10-5-11-24-16-17(21-19(23)24)22(2)20(27)25(18(16)26)12-13-28-3/h6-9H,4-5,10-13H2,1-3H3. The van der Waals surface area contributed by atoms with Crippen LogP contribution in [-0.2, 0) is 31.3 Å². The summed E-state index contributed by atoms with van der Waals surface area (Å²) in [6.45, 7) is 4.18. The predicted molar refractivity (Wildman–Crippen MR) is 109 cm³/mol. The molecule has 2 aromatic heterocycles. The molecule has 1 aromatic carbocycles. The van der Waals surface area contributed by atoms with Gasteiger partial charge in [-0.15, -0.1) is 0 Å². The van der Waals surface area contributed by atoms with E-state index in [1.54, 1.807) is 14.2 Å². The van der Waals surface area contributed by atoms with E-state index in [9.17, 15) is 9.59 Å². The highest BCUT2D eigenvalue weighted by atomic mass is 16.5. The summed E-state index contributed by atoms with van der Waals surface area (Å²) >= 11 is 0. The zero-order chi connectivity index (χ0) is 19.8. The van der Waals surface area contributed by atoms with Crippen molar-refractivity contribution in [2.75, 3.05) is 25.2 Å². The smallest absolute Gasteiger partial charge is 0.332 e. The normalized spacial score (nSPS) is 13.9. The monoisotopic (exact) mass is 383 g/mol. The highest BCUT2D eigenvalue weighted by Gasteiger charge is 2.26. The van der Waals surface area contributed by atoms with Gasteiger partial charge in [0.2, 0.25) is 5.95 Å². The van der Waals surface area contributed by atoms with Gasteiger partial charge in [-0.05, 0) is 30.5 Å². The highest BCUT2D eigenvalue weighted by Crippen LogP contribution is 2.31. The maximum Gasteiger partial charge on any atom is 0.332 e. The topological polar surface area (TPSA) is 74.3 Å². The van der Waals surface area contributed by atoms with Crippen LogP contribution in [0.25, 0.3) is 11.2 Å². The van der Waals surface area contributed by atoms with E-state index in [4.69, 9.17) is 9.72 Å². The minimum absolute atomic E-state index is 0.223. The van der Waals surface area contributed by atoms with Gasteiger partial charge in [-0.25, -0.2) is 4.79 Å². The van der Waals surface area contributed by atoms with Crippen molar-refractivity contribution in [3.63, 3.8) is 0 Å². The number of aromatic nitrogens is 4. The molecule has 3 heterocycles. The number of methoxy groups -OCH3 is 1. The third kappa shape index (κ3) is 2.84. The summed E-state index contributed by atoms with van der Waals surface area (Å²) in [4.78, 5) is 32.6. The molecule has 0 N–H and O–H groups in total. The summed E-state index contributed by atoms with van der Waals surface area (Å²) in [5, 5.41) is 0. The summed E-state index contributed by atoms with van der Waals surface area (Å²) in [5.41, 5.74) is 2.54. The molecule has 1 aliphatic rings.